The number of aromatic nitrogens is 2. The maximum atomic E-state index is 5.99. The summed E-state index contributed by atoms with van der Waals surface area (Å²) >= 11 is 0. The normalized spacial score (nSPS) is 17.9. The molecule has 2 aromatic rings. The van der Waals surface area contributed by atoms with Crippen molar-refractivity contribution >= 4 is 29.9 Å². The molecule has 1 aliphatic heterocycles. The average molecular weight is 542 g/mol. The molecule has 2 unspecified atom stereocenters. The summed E-state index contributed by atoms with van der Waals surface area (Å²) in [5.74, 6) is 1.78. The van der Waals surface area contributed by atoms with E-state index in [1.165, 1.54) is 5.56 Å². The van der Waals surface area contributed by atoms with Crippen molar-refractivity contribution in [3.63, 3.8) is 0 Å². The third kappa shape index (κ3) is 6.81. The van der Waals surface area contributed by atoms with Gasteiger partial charge in [-0.3, -0.25) is 9.67 Å². The first-order valence-corrected chi connectivity index (χ1v) is 10.5. The van der Waals surface area contributed by atoms with E-state index in [1.54, 1.807) is 7.11 Å². The van der Waals surface area contributed by atoms with E-state index in [4.69, 9.17) is 14.5 Å². The minimum Gasteiger partial charge on any atom is -0.497 e. The Morgan fingerprint density at radius 1 is 1.42 bits per heavy atom. The Labute approximate surface area is 202 Å². The first-order chi connectivity index (χ1) is 14.5. The molecule has 0 amide bonds. The van der Waals surface area contributed by atoms with E-state index in [9.17, 15) is 0 Å². The number of nitrogens with zero attached hydrogens (tertiary/aromatic N) is 5. The quantitative estimate of drug-likeness (QED) is 0.330. The predicted octanol–water partition coefficient (Wildman–Crippen LogP) is 2.69. The topological polar surface area (TPSA) is 67.2 Å². The van der Waals surface area contributed by atoms with Crippen molar-refractivity contribution in [1.82, 2.24) is 24.9 Å². The highest BCUT2D eigenvalue weighted by molar-refractivity contribution is 14.0. The van der Waals surface area contributed by atoms with Gasteiger partial charge in [-0.05, 0) is 38.7 Å². The van der Waals surface area contributed by atoms with Gasteiger partial charge >= 0.3 is 0 Å². The number of methoxy groups -OCH3 is 1. The maximum Gasteiger partial charge on any atom is 0.194 e. The molecule has 9 heteroatoms. The molecule has 31 heavy (non-hydrogen) atoms. The molecule has 0 bridgehead atoms. The molecule has 1 fully saturated rings. The van der Waals surface area contributed by atoms with Gasteiger partial charge in [0.1, 0.15) is 11.9 Å². The molecule has 0 aliphatic carbocycles. The van der Waals surface area contributed by atoms with E-state index in [1.807, 2.05) is 36.3 Å². The predicted molar refractivity (Wildman–Crippen MR) is 134 cm³/mol. The summed E-state index contributed by atoms with van der Waals surface area (Å²) in [6, 6.07) is 8.36. The summed E-state index contributed by atoms with van der Waals surface area (Å²) in [5.41, 5.74) is 2.29. The Balaban J connectivity index is 0.00000341. The van der Waals surface area contributed by atoms with E-state index < -0.39 is 0 Å². The van der Waals surface area contributed by atoms with Gasteiger partial charge < -0.3 is 24.6 Å². The lowest BCUT2D eigenvalue weighted by molar-refractivity contribution is -0.00807. The summed E-state index contributed by atoms with van der Waals surface area (Å²) in [6.07, 6.45) is 3.89. The first-order valence-electron chi connectivity index (χ1n) is 10.5. The van der Waals surface area contributed by atoms with Gasteiger partial charge in [0.2, 0.25) is 0 Å². The van der Waals surface area contributed by atoms with Crippen LogP contribution in [-0.2, 0) is 11.8 Å². The zero-order valence-electron chi connectivity index (χ0n) is 19.1. The lowest BCUT2D eigenvalue weighted by atomic mass is 10.1. The van der Waals surface area contributed by atoms with Crippen molar-refractivity contribution in [1.29, 1.82) is 0 Å². The highest BCUT2D eigenvalue weighted by atomic mass is 127. The Bertz CT molecular complexity index is 841. The number of aryl methyl sites for hydroxylation is 1. The van der Waals surface area contributed by atoms with Crippen molar-refractivity contribution in [3.05, 3.63) is 47.8 Å². The Morgan fingerprint density at radius 3 is 2.87 bits per heavy atom. The lowest BCUT2D eigenvalue weighted by Gasteiger charge is -2.35. The number of nitrogens with one attached hydrogen (secondary N) is 1. The molecular formula is C22H35IN6O2. The van der Waals surface area contributed by atoms with Gasteiger partial charge in [-0.1, -0.05) is 12.1 Å². The summed E-state index contributed by atoms with van der Waals surface area (Å²) in [5, 5.41) is 7.74. The Morgan fingerprint density at radius 2 is 2.23 bits per heavy atom. The van der Waals surface area contributed by atoms with Crippen molar-refractivity contribution in [3.8, 4) is 5.75 Å². The molecule has 2 atom stereocenters. The molecule has 172 valence electrons. The maximum absolute atomic E-state index is 5.99. The molecule has 1 aromatic carbocycles. The van der Waals surface area contributed by atoms with Crippen LogP contribution in [0.4, 0.5) is 0 Å². The fraction of sp³-hybridized carbons (Fsp3) is 0.545. The molecule has 1 N–H and O–H groups in total. The van der Waals surface area contributed by atoms with Crippen molar-refractivity contribution in [2.45, 2.75) is 19.1 Å². The minimum atomic E-state index is -0.000615. The van der Waals surface area contributed by atoms with Crippen LogP contribution in [0.25, 0.3) is 0 Å². The summed E-state index contributed by atoms with van der Waals surface area (Å²) in [7, 11) is 7.79. The number of rotatable bonds is 7. The van der Waals surface area contributed by atoms with Crippen LogP contribution in [0.15, 0.2) is 41.7 Å². The lowest BCUT2D eigenvalue weighted by Crippen LogP contribution is -2.48. The number of halogens is 1. The second-order valence-corrected chi connectivity index (χ2v) is 7.70. The van der Waals surface area contributed by atoms with E-state index in [0.29, 0.717) is 13.2 Å². The van der Waals surface area contributed by atoms with Crippen molar-refractivity contribution in [2.75, 3.05) is 54.0 Å². The van der Waals surface area contributed by atoms with Crippen LogP contribution in [0.5, 0.6) is 5.75 Å². The van der Waals surface area contributed by atoms with Crippen LogP contribution in [0.2, 0.25) is 0 Å². The van der Waals surface area contributed by atoms with Gasteiger partial charge in [-0.2, -0.15) is 5.10 Å². The zero-order valence-corrected chi connectivity index (χ0v) is 21.4. The van der Waals surface area contributed by atoms with Gasteiger partial charge in [-0.15, -0.1) is 24.0 Å². The second-order valence-electron chi connectivity index (χ2n) is 7.70. The van der Waals surface area contributed by atoms with Crippen LogP contribution in [-0.4, -0.2) is 79.5 Å². The SMILES string of the molecule is CCNC(=NCC(c1cccc(OC)c1)N(C)C)N1CCOC(c2cnn(C)c2)C1.I. The van der Waals surface area contributed by atoms with Gasteiger partial charge in [0, 0.05) is 31.9 Å². The van der Waals surface area contributed by atoms with Crippen LogP contribution in [0.1, 0.15) is 30.2 Å². The molecular weight excluding hydrogens is 507 g/mol. The van der Waals surface area contributed by atoms with E-state index >= 15 is 0 Å². The van der Waals surface area contributed by atoms with Gasteiger partial charge in [-0.25, -0.2) is 0 Å². The number of likely N-dealkylation sites (N-methyl/N-ethyl adjacent to an activating group) is 1. The smallest absolute Gasteiger partial charge is 0.194 e. The number of aliphatic imine (C=N–C) groups is 1. The molecule has 0 spiro atoms. The molecule has 3 rings (SSSR count). The summed E-state index contributed by atoms with van der Waals surface area (Å²) in [6.45, 7) is 5.80. The third-order valence-electron chi connectivity index (χ3n) is 5.31. The second kappa shape index (κ2) is 12.3. The highest BCUT2D eigenvalue weighted by Gasteiger charge is 2.25. The zero-order chi connectivity index (χ0) is 21.5. The third-order valence-corrected chi connectivity index (χ3v) is 5.31. The molecule has 0 radical (unpaired) electrons. The minimum absolute atomic E-state index is 0. The highest BCUT2D eigenvalue weighted by Crippen LogP contribution is 2.24. The number of hydrogen-bond donors (Lipinski definition) is 1. The van der Waals surface area contributed by atoms with E-state index in [0.717, 1.165) is 36.9 Å². The average Bonchev–Trinajstić information content (AvgIpc) is 3.19. The number of hydrogen-bond acceptors (Lipinski definition) is 5. The van der Waals surface area contributed by atoms with E-state index in [-0.39, 0.29) is 36.1 Å². The van der Waals surface area contributed by atoms with Crippen molar-refractivity contribution < 1.29 is 9.47 Å². The summed E-state index contributed by atoms with van der Waals surface area (Å²) in [4.78, 5) is 9.47. The van der Waals surface area contributed by atoms with Crippen LogP contribution in [0.3, 0.4) is 0 Å². The van der Waals surface area contributed by atoms with Crippen LogP contribution < -0.4 is 10.1 Å². The Hall–Kier alpha value is -1.85. The molecule has 1 aliphatic rings. The van der Waals surface area contributed by atoms with E-state index in [2.05, 4.69) is 53.4 Å². The van der Waals surface area contributed by atoms with Gasteiger partial charge in [0.25, 0.3) is 0 Å². The molecule has 1 aromatic heterocycles. The van der Waals surface area contributed by atoms with Crippen LogP contribution >= 0.6 is 24.0 Å². The molecule has 0 saturated carbocycles. The van der Waals surface area contributed by atoms with Gasteiger partial charge in [0.15, 0.2) is 5.96 Å². The number of ether oxygens (including phenoxy) is 2. The number of guanidine groups is 1. The first kappa shape index (κ1) is 25.4. The molecule has 1 saturated heterocycles. The largest absolute Gasteiger partial charge is 0.497 e. The summed E-state index contributed by atoms with van der Waals surface area (Å²) < 4.78 is 13.2. The van der Waals surface area contributed by atoms with Crippen LogP contribution in [0, 0.1) is 0 Å². The number of morpholine rings is 1. The fourth-order valence-corrected chi connectivity index (χ4v) is 3.66. The molecule has 2 heterocycles. The monoisotopic (exact) mass is 542 g/mol. The fourth-order valence-electron chi connectivity index (χ4n) is 3.66. The standard InChI is InChI=1S/C22H34N6O2.HI/c1-6-23-22(28-10-11-30-21(16-28)18-13-25-27(4)15-18)24-14-20(26(2)3)17-8-7-9-19(12-17)29-5;/h7-9,12-13,15,20-21H,6,10-11,14,16H2,1-5H3,(H,23,24);1H. The van der Waals surface area contributed by atoms with Crippen molar-refractivity contribution in [2.24, 2.45) is 12.0 Å². The van der Waals surface area contributed by atoms with Gasteiger partial charge in [0.05, 0.1) is 39.0 Å². The molecule has 8 nitrogen and oxygen atoms in total. The Kier molecular flexibility index (Phi) is 10.0. The number of benzene rings is 1.